The van der Waals surface area contributed by atoms with Gasteiger partial charge in [-0.2, -0.15) is 0 Å². The second kappa shape index (κ2) is 8.57. The Morgan fingerprint density at radius 3 is 2.57 bits per heavy atom. The van der Waals surface area contributed by atoms with Gasteiger partial charge in [0.15, 0.2) is 11.5 Å². The first-order chi connectivity index (χ1) is 14.2. The van der Waals surface area contributed by atoms with Crippen LogP contribution in [0.2, 0.25) is 0 Å². The van der Waals surface area contributed by atoms with Gasteiger partial charge in [-0.15, -0.1) is 0 Å². The molecule has 3 rings (SSSR count). The van der Waals surface area contributed by atoms with E-state index in [2.05, 4.69) is 5.32 Å². The predicted molar refractivity (Wildman–Crippen MR) is 111 cm³/mol. The summed E-state index contributed by atoms with van der Waals surface area (Å²) >= 11 is 0. The van der Waals surface area contributed by atoms with Gasteiger partial charge in [-0.25, -0.2) is 8.42 Å². The summed E-state index contributed by atoms with van der Waals surface area (Å²) in [5.74, 6) is 0.0379. The number of sulfonamides is 1. The first kappa shape index (κ1) is 21.4. The van der Waals surface area contributed by atoms with Crippen molar-refractivity contribution in [3.05, 3.63) is 52.1 Å². The van der Waals surface area contributed by atoms with Crippen molar-refractivity contribution < 1.29 is 27.6 Å². The van der Waals surface area contributed by atoms with E-state index in [0.29, 0.717) is 24.7 Å². The van der Waals surface area contributed by atoms with Gasteiger partial charge in [0.05, 0.1) is 27.6 Å². The van der Waals surface area contributed by atoms with Crippen LogP contribution in [0.5, 0.6) is 11.5 Å². The molecule has 0 saturated heterocycles. The number of nitrogens with one attached hydrogen (secondary N) is 1. The van der Waals surface area contributed by atoms with Crippen LogP contribution in [-0.4, -0.2) is 44.8 Å². The Labute approximate surface area is 173 Å². The molecule has 2 aromatic carbocycles. The molecular weight excluding hydrogens is 414 g/mol. The van der Waals surface area contributed by atoms with Gasteiger partial charge in [-0.3, -0.25) is 19.2 Å². The number of nitrogens with zero attached hydrogens (tertiary/aromatic N) is 2. The van der Waals surface area contributed by atoms with E-state index in [1.165, 1.54) is 44.2 Å². The monoisotopic (exact) mass is 435 g/mol. The zero-order valence-electron chi connectivity index (χ0n) is 16.5. The molecule has 0 aliphatic carbocycles. The van der Waals surface area contributed by atoms with Crippen molar-refractivity contribution in [3.8, 4) is 11.5 Å². The molecule has 2 aromatic rings. The van der Waals surface area contributed by atoms with Crippen LogP contribution in [0.3, 0.4) is 0 Å². The van der Waals surface area contributed by atoms with E-state index in [1.807, 2.05) is 0 Å². The Morgan fingerprint density at radius 1 is 1.20 bits per heavy atom. The topological polar surface area (TPSA) is 128 Å². The lowest BCUT2D eigenvalue weighted by Crippen LogP contribution is -2.39. The van der Waals surface area contributed by atoms with E-state index in [1.54, 1.807) is 6.07 Å². The number of carbonyl (C=O) groups is 1. The summed E-state index contributed by atoms with van der Waals surface area (Å²) in [7, 11) is -3.79. The molecule has 10 nitrogen and oxygen atoms in total. The highest BCUT2D eigenvalue weighted by atomic mass is 32.2. The zero-order chi connectivity index (χ0) is 21.9. The lowest BCUT2D eigenvalue weighted by molar-refractivity contribution is -0.385. The van der Waals surface area contributed by atoms with Crippen LogP contribution in [0, 0.1) is 17.0 Å². The van der Waals surface area contributed by atoms with E-state index in [9.17, 15) is 23.3 Å². The fourth-order valence-electron chi connectivity index (χ4n) is 2.97. The smallest absolute Gasteiger partial charge is 0.274 e. The summed E-state index contributed by atoms with van der Waals surface area (Å²) in [4.78, 5) is 23.2. The molecule has 1 aliphatic rings. The molecule has 1 heterocycles. The summed E-state index contributed by atoms with van der Waals surface area (Å²) in [6.45, 7) is 3.22. The van der Waals surface area contributed by atoms with Crippen molar-refractivity contribution in [1.29, 1.82) is 0 Å². The number of nitro benzene ring substituents is 1. The minimum absolute atomic E-state index is 0.141. The molecule has 0 atom stereocenters. The molecule has 1 amide bonds. The maximum absolute atomic E-state index is 12.7. The number of anilines is 2. The lowest BCUT2D eigenvalue weighted by Gasteiger charge is -2.25. The van der Waals surface area contributed by atoms with Crippen LogP contribution < -0.4 is 19.1 Å². The molecule has 1 N–H and O–H groups in total. The molecule has 0 radical (unpaired) electrons. The number of hydrogen-bond acceptors (Lipinski definition) is 7. The summed E-state index contributed by atoms with van der Waals surface area (Å²) in [5.41, 5.74) is 0.634. The zero-order valence-corrected chi connectivity index (χ0v) is 17.3. The molecule has 0 unspecified atom stereocenters. The Balaban J connectivity index is 1.87. The second-order valence-electron chi connectivity index (χ2n) is 6.49. The van der Waals surface area contributed by atoms with Crippen LogP contribution >= 0.6 is 0 Å². The SMILES string of the molecule is CCS(=O)(=O)N(CC(=O)Nc1cccc([N+](=O)[O-])c1C)c1ccc2c(c1)OCCO2. The van der Waals surface area contributed by atoms with Gasteiger partial charge in [0.2, 0.25) is 15.9 Å². The van der Waals surface area contributed by atoms with Gasteiger partial charge >= 0.3 is 0 Å². The van der Waals surface area contributed by atoms with E-state index in [0.717, 1.165) is 4.31 Å². The second-order valence-corrected chi connectivity index (χ2v) is 8.67. The summed E-state index contributed by atoms with van der Waals surface area (Å²) in [6, 6.07) is 8.92. The van der Waals surface area contributed by atoms with Gasteiger partial charge in [0.25, 0.3) is 5.69 Å². The first-order valence-corrected chi connectivity index (χ1v) is 10.8. The van der Waals surface area contributed by atoms with Crippen LogP contribution in [0.15, 0.2) is 36.4 Å². The number of ether oxygens (including phenoxy) is 2. The number of carbonyl (C=O) groups excluding carboxylic acids is 1. The van der Waals surface area contributed by atoms with E-state index in [-0.39, 0.29) is 28.4 Å². The third-order valence-corrected chi connectivity index (χ3v) is 6.32. The Hall–Kier alpha value is -3.34. The number of hydrogen-bond donors (Lipinski definition) is 1. The maximum atomic E-state index is 12.7. The Morgan fingerprint density at radius 2 is 1.90 bits per heavy atom. The van der Waals surface area contributed by atoms with Gasteiger partial charge < -0.3 is 14.8 Å². The van der Waals surface area contributed by atoms with E-state index >= 15 is 0 Å². The quantitative estimate of drug-likeness (QED) is 0.522. The highest BCUT2D eigenvalue weighted by Crippen LogP contribution is 2.35. The van der Waals surface area contributed by atoms with Crippen LogP contribution in [-0.2, 0) is 14.8 Å². The third-order valence-electron chi connectivity index (χ3n) is 4.58. The van der Waals surface area contributed by atoms with Crippen molar-refractivity contribution in [2.45, 2.75) is 13.8 Å². The predicted octanol–water partition coefficient (Wildman–Crippen LogP) is 2.47. The van der Waals surface area contributed by atoms with Crippen LogP contribution in [0.1, 0.15) is 12.5 Å². The average Bonchev–Trinajstić information content (AvgIpc) is 2.73. The molecular formula is C19H21N3O7S. The van der Waals surface area contributed by atoms with E-state index in [4.69, 9.17) is 9.47 Å². The lowest BCUT2D eigenvalue weighted by atomic mass is 10.1. The Kier molecular flexibility index (Phi) is 6.11. The molecule has 0 spiro atoms. The number of rotatable bonds is 7. The minimum Gasteiger partial charge on any atom is -0.486 e. The molecule has 30 heavy (non-hydrogen) atoms. The molecule has 160 valence electrons. The third kappa shape index (κ3) is 4.46. The standard InChI is InChI=1S/C19H21N3O7S/c1-3-30(26,27)21(14-7-8-17-18(11-14)29-10-9-28-17)12-19(23)20-15-5-4-6-16(13(15)2)22(24)25/h4-8,11H,3,9-10,12H2,1-2H3,(H,20,23). The summed E-state index contributed by atoms with van der Waals surface area (Å²) < 4.78 is 37.2. The van der Waals surface area contributed by atoms with E-state index < -0.39 is 27.4 Å². The Bertz CT molecular complexity index is 1090. The number of nitro groups is 1. The van der Waals surface area contributed by atoms with Gasteiger partial charge in [-0.1, -0.05) is 6.07 Å². The van der Waals surface area contributed by atoms with Gasteiger partial charge in [0.1, 0.15) is 19.8 Å². The fraction of sp³-hybridized carbons (Fsp3) is 0.316. The van der Waals surface area contributed by atoms with Gasteiger partial charge in [0, 0.05) is 12.1 Å². The number of fused-ring (bicyclic) bond motifs is 1. The van der Waals surface area contributed by atoms with Gasteiger partial charge in [-0.05, 0) is 32.0 Å². The van der Waals surface area contributed by atoms with Crippen molar-refractivity contribution >= 4 is 33.0 Å². The summed E-state index contributed by atoms with van der Waals surface area (Å²) in [5, 5.41) is 13.7. The molecule has 11 heteroatoms. The maximum Gasteiger partial charge on any atom is 0.274 e. The molecule has 0 aromatic heterocycles. The average molecular weight is 435 g/mol. The normalized spacial score (nSPS) is 12.9. The number of benzene rings is 2. The highest BCUT2D eigenvalue weighted by molar-refractivity contribution is 7.92. The fourth-order valence-corrected chi connectivity index (χ4v) is 4.03. The van der Waals surface area contributed by atoms with Crippen molar-refractivity contribution in [3.63, 3.8) is 0 Å². The first-order valence-electron chi connectivity index (χ1n) is 9.17. The van der Waals surface area contributed by atoms with Crippen molar-refractivity contribution in [2.24, 2.45) is 0 Å². The highest BCUT2D eigenvalue weighted by Gasteiger charge is 2.26. The summed E-state index contributed by atoms with van der Waals surface area (Å²) in [6.07, 6.45) is 0. The largest absolute Gasteiger partial charge is 0.486 e. The number of amides is 1. The molecule has 0 fully saturated rings. The van der Waals surface area contributed by atoms with Crippen LogP contribution in [0.25, 0.3) is 0 Å². The molecule has 0 saturated carbocycles. The van der Waals surface area contributed by atoms with Crippen LogP contribution in [0.4, 0.5) is 17.1 Å². The molecule has 0 bridgehead atoms. The minimum atomic E-state index is -3.79. The molecule has 1 aliphatic heterocycles. The van der Waals surface area contributed by atoms with Crippen molar-refractivity contribution in [2.75, 3.05) is 35.1 Å². The van der Waals surface area contributed by atoms with Crippen molar-refractivity contribution in [1.82, 2.24) is 0 Å².